The maximum absolute atomic E-state index is 12.5. The lowest BCUT2D eigenvalue weighted by atomic mass is 10.1. The van der Waals surface area contributed by atoms with Crippen molar-refractivity contribution in [3.8, 4) is 0 Å². The van der Waals surface area contributed by atoms with Crippen LogP contribution in [-0.2, 0) is 16.1 Å². The van der Waals surface area contributed by atoms with Crippen molar-refractivity contribution in [3.63, 3.8) is 0 Å². The Balaban J connectivity index is 1.44. The van der Waals surface area contributed by atoms with Crippen LogP contribution in [0, 0.1) is 0 Å². The molecule has 0 aromatic carbocycles. The van der Waals surface area contributed by atoms with E-state index in [1.165, 1.54) is 4.88 Å². The summed E-state index contributed by atoms with van der Waals surface area (Å²) in [7, 11) is 0. The van der Waals surface area contributed by atoms with Crippen molar-refractivity contribution < 1.29 is 9.59 Å². The van der Waals surface area contributed by atoms with Crippen molar-refractivity contribution >= 4 is 23.2 Å². The van der Waals surface area contributed by atoms with Gasteiger partial charge in [0.1, 0.15) is 12.1 Å². The minimum atomic E-state index is -0.229. The maximum Gasteiger partial charge on any atom is 0.246 e. The normalized spacial score (nSPS) is 31.7. The first-order valence-corrected chi connectivity index (χ1v) is 8.49. The van der Waals surface area contributed by atoms with Crippen LogP contribution < -0.4 is 5.32 Å². The third-order valence-corrected chi connectivity index (χ3v) is 5.71. The second-order valence-electron chi connectivity index (χ2n) is 6.09. The van der Waals surface area contributed by atoms with E-state index in [2.05, 4.69) is 16.8 Å². The summed E-state index contributed by atoms with van der Waals surface area (Å²) in [5, 5.41) is 5.56. The van der Waals surface area contributed by atoms with Gasteiger partial charge < -0.3 is 15.1 Å². The molecule has 0 radical (unpaired) electrons. The SMILES string of the molecule is O=C1[C@@H]2C[C@H](NCc3cccs3)CN2C(=O)[C@H]2CCCN12. The van der Waals surface area contributed by atoms with Crippen LogP contribution in [-0.4, -0.2) is 52.8 Å². The van der Waals surface area contributed by atoms with Gasteiger partial charge in [0.15, 0.2) is 0 Å². The Labute approximate surface area is 127 Å². The second-order valence-corrected chi connectivity index (χ2v) is 7.12. The summed E-state index contributed by atoms with van der Waals surface area (Å²) in [4.78, 5) is 30.0. The van der Waals surface area contributed by atoms with Crippen LogP contribution in [0.25, 0.3) is 0 Å². The highest BCUT2D eigenvalue weighted by molar-refractivity contribution is 7.09. The monoisotopic (exact) mass is 305 g/mol. The van der Waals surface area contributed by atoms with Gasteiger partial charge in [0, 0.05) is 30.6 Å². The molecule has 4 heterocycles. The van der Waals surface area contributed by atoms with Crippen molar-refractivity contribution in [1.82, 2.24) is 15.1 Å². The Hall–Kier alpha value is -1.40. The summed E-state index contributed by atoms with van der Waals surface area (Å²) >= 11 is 1.73. The van der Waals surface area contributed by atoms with Gasteiger partial charge in [-0.2, -0.15) is 0 Å². The highest BCUT2D eigenvalue weighted by Crippen LogP contribution is 2.32. The van der Waals surface area contributed by atoms with Gasteiger partial charge in [-0.3, -0.25) is 9.59 Å². The summed E-state index contributed by atoms with van der Waals surface area (Å²) < 4.78 is 0. The first-order chi connectivity index (χ1) is 10.2. The number of rotatable bonds is 3. The molecule has 112 valence electrons. The van der Waals surface area contributed by atoms with Gasteiger partial charge in [-0.1, -0.05) is 6.07 Å². The molecule has 3 atom stereocenters. The molecule has 3 aliphatic heterocycles. The van der Waals surface area contributed by atoms with E-state index >= 15 is 0 Å². The number of piperazine rings is 1. The summed E-state index contributed by atoms with van der Waals surface area (Å²) in [6.45, 7) is 2.25. The molecular formula is C15H19N3O2S. The van der Waals surface area contributed by atoms with Gasteiger partial charge in [0.2, 0.25) is 11.8 Å². The van der Waals surface area contributed by atoms with E-state index in [0.717, 1.165) is 32.4 Å². The van der Waals surface area contributed by atoms with Crippen molar-refractivity contribution in [2.45, 2.75) is 43.9 Å². The van der Waals surface area contributed by atoms with Gasteiger partial charge in [-0.15, -0.1) is 11.3 Å². The average molecular weight is 305 g/mol. The predicted octanol–water partition coefficient (Wildman–Crippen LogP) is 0.812. The molecule has 0 aliphatic carbocycles. The van der Waals surface area contributed by atoms with Crippen LogP contribution in [0.3, 0.4) is 0 Å². The van der Waals surface area contributed by atoms with Gasteiger partial charge >= 0.3 is 0 Å². The van der Waals surface area contributed by atoms with Gasteiger partial charge in [-0.05, 0) is 30.7 Å². The number of fused-ring (bicyclic) bond motifs is 2. The molecule has 3 saturated heterocycles. The molecule has 6 heteroatoms. The van der Waals surface area contributed by atoms with Crippen molar-refractivity contribution in [3.05, 3.63) is 22.4 Å². The molecule has 0 bridgehead atoms. The number of thiophene rings is 1. The fourth-order valence-corrected chi connectivity index (χ4v) is 4.45. The third-order valence-electron chi connectivity index (χ3n) is 4.84. The standard InChI is InChI=1S/C15H19N3O2S/c19-14-12-4-1-5-17(12)15(20)13-7-10(9-18(13)14)16-8-11-3-2-6-21-11/h2-3,6,10,12-13,16H,1,4-5,7-9H2/t10-,12+,13-/m0/s1. The zero-order chi connectivity index (χ0) is 14.4. The smallest absolute Gasteiger partial charge is 0.246 e. The molecule has 21 heavy (non-hydrogen) atoms. The molecule has 1 N–H and O–H groups in total. The van der Waals surface area contributed by atoms with E-state index in [1.54, 1.807) is 11.3 Å². The van der Waals surface area contributed by atoms with Crippen LogP contribution in [0.2, 0.25) is 0 Å². The van der Waals surface area contributed by atoms with E-state index in [0.29, 0.717) is 6.54 Å². The fourth-order valence-electron chi connectivity index (χ4n) is 3.79. The Morgan fingerprint density at radius 3 is 2.90 bits per heavy atom. The van der Waals surface area contributed by atoms with Crippen LogP contribution in [0.15, 0.2) is 17.5 Å². The molecule has 3 fully saturated rings. The largest absolute Gasteiger partial charge is 0.329 e. The van der Waals surface area contributed by atoms with Crippen molar-refractivity contribution in [1.29, 1.82) is 0 Å². The van der Waals surface area contributed by atoms with Crippen LogP contribution in [0.4, 0.5) is 0 Å². The van der Waals surface area contributed by atoms with Crippen LogP contribution >= 0.6 is 11.3 Å². The Morgan fingerprint density at radius 2 is 2.10 bits per heavy atom. The number of carbonyl (C=O) groups excluding carboxylic acids is 2. The molecule has 1 aromatic heterocycles. The number of carbonyl (C=O) groups is 2. The molecule has 3 aliphatic rings. The summed E-state index contributed by atoms with van der Waals surface area (Å²) in [5.41, 5.74) is 0. The van der Waals surface area contributed by atoms with Crippen molar-refractivity contribution in [2.24, 2.45) is 0 Å². The lowest BCUT2D eigenvalue weighted by Crippen LogP contribution is -2.60. The van der Waals surface area contributed by atoms with E-state index in [1.807, 2.05) is 15.9 Å². The zero-order valence-electron chi connectivity index (χ0n) is 11.8. The summed E-state index contributed by atoms with van der Waals surface area (Å²) in [5.74, 6) is 0.329. The van der Waals surface area contributed by atoms with E-state index in [9.17, 15) is 9.59 Å². The lowest BCUT2D eigenvalue weighted by molar-refractivity contribution is -0.156. The molecule has 2 amide bonds. The quantitative estimate of drug-likeness (QED) is 0.899. The summed E-state index contributed by atoms with van der Waals surface area (Å²) in [6.07, 6.45) is 2.54. The first kappa shape index (κ1) is 13.3. The van der Waals surface area contributed by atoms with Gasteiger partial charge in [0.25, 0.3) is 0 Å². The molecule has 1 aromatic rings. The van der Waals surface area contributed by atoms with E-state index < -0.39 is 0 Å². The molecular weight excluding hydrogens is 286 g/mol. The number of nitrogens with zero attached hydrogens (tertiary/aromatic N) is 2. The maximum atomic E-state index is 12.5. The zero-order valence-corrected chi connectivity index (χ0v) is 12.6. The summed E-state index contributed by atoms with van der Waals surface area (Å²) in [6, 6.07) is 3.97. The second kappa shape index (κ2) is 5.10. The van der Waals surface area contributed by atoms with Crippen LogP contribution in [0.1, 0.15) is 24.1 Å². The minimum Gasteiger partial charge on any atom is -0.329 e. The third kappa shape index (κ3) is 2.17. The molecule has 0 saturated carbocycles. The topological polar surface area (TPSA) is 52.7 Å². The van der Waals surface area contributed by atoms with Gasteiger partial charge in [0.05, 0.1) is 0 Å². The van der Waals surface area contributed by atoms with E-state index in [-0.39, 0.29) is 29.9 Å². The van der Waals surface area contributed by atoms with Crippen molar-refractivity contribution in [2.75, 3.05) is 13.1 Å². The van der Waals surface area contributed by atoms with E-state index in [4.69, 9.17) is 0 Å². The fraction of sp³-hybridized carbons (Fsp3) is 0.600. The first-order valence-electron chi connectivity index (χ1n) is 7.61. The number of nitrogens with one attached hydrogen (secondary N) is 1. The number of hydrogen-bond donors (Lipinski definition) is 1. The molecule has 4 rings (SSSR count). The number of hydrogen-bond acceptors (Lipinski definition) is 4. The minimum absolute atomic E-state index is 0.164. The Morgan fingerprint density at radius 1 is 1.24 bits per heavy atom. The van der Waals surface area contributed by atoms with Gasteiger partial charge in [-0.25, -0.2) is 0 Å². The Kier molecular flexibility index (Phi) is 3.23. The number of amides is 2. The predicted molar refractivity (Wildman–Crippen MR) is 79.8 cm³/mol. The average Bonchev–Trinajstić information content (AvgIpc) is 3.21. The highest BCUT2D eigenvalue weighted by Gasteiger charge is 2.51. The molecule has 0 spiro atoms. The van der Waals surface area contributed by atoms with Crippen LogP contribution in [0.5, 0.6) is 0 Å². The Bertz CT molecular complexity index is 529. The highest BCUT2D eigenvalue weighted by atomic mass is 32.1. The molecule has 0 unspecified atom stereocenters. The molecule has 5 nitrogen and oxygen atoms in total. The lowest BCUT2D eigenvalue weighted by Gasteiger charge is -2.38.